The Morgan fingerprint density at radius 3 is 2.48 bits per heavy atom. The first-order chi connectivity index (χ1) is 9.24. The van der Waals surface area contributed by atoms with E-state index in [4.69, 9.17) is 5.73 Å². The van der Waals surface area contributed by atoms with E-state index in [-0.39, 0.29) is 36.6 Å². The van der Waals surface area contributed by atoms with Crippen LogP contribution in [0.5, 0.6) is 0 Å². The number of likely N-dealkylation sites (tertiary alicyclic amines) is 1. The molecule has 1 amide bonds. The summed E-state index contributed by atoms with van der Waals surface area (Å²) in [6, 6.07) is 0.354. The van der Waals surface area contributed by atoms with Crippen LogP contribution in [-0.2, 0) is 4.79 Å². The van der Waals surface area contributed by atoms with Crippen molar-refractivity contribution in [3.05, 3.63) is 12.7 Å². The van der Waals surface area contributed by atoms with Crippen LogP contribution in [0.25, 0.3) is 0 Å². The summed E-state index contributed by atoms with van der Waals surface area (Å²) in [5.41, 5.74) is 5.75. The lowest BCUT2D eigenvalue weighted by atomic mass is 9.94. The molecule has 2 aliphatic rings. The average Bonchev–Trinajstić information content (AvgIpc) is 2.90. The van der Waals surface area contributed by atoms with Gasteiger partial charge in [-0.05, 0) is 38.1 Å². The quantitative estimate of drug-likeness (QED) is 0.754. The number of nitrogens with one attached hydrogen (secondary N) is 1. The van der Waals surface area contributed by atoms with Gasteiger partial charge in [0.25, 0.3) is 0 Å². The van der Waals surface area contributed by atoms with Gasteiger partial charge in [0, 0.05) is 31.6 Å². The summed E-state index contributed by atoms with van der Waals surface area (Å²) in [5.74, 6) is 0.812. The number of nitrogens with two attached hydrogens (primary N) is 1. The van der Waals surface area contributed by atoms with Crippen molar-refractivity contribution in [1.82, 2.24) is 10.2 Å². The molecule has 0 spiro atoms. The molecular formula is C15H29Cl2N3O. The normalized spacial score (nSPS) is 26.5. The van der Waals surface area contributed by atoms with Crippen molar-refractivity contribution in [3.8, 4) is 0 Å². The predicted octanol–water partition coefficient (Wildman–Crippen LogP) is 1.97. The number of rotatable bonds is 5. The largest absolute Gasteiger partial charge is 0.353 e. The van der Waals surface area contributed by atoms with Crippen LogP contribution < -0.4 is 11.1 Å². The van der Waals surface area contributed by atoms with Gasteiger partial charge in [-0.15, -0.1) is 31.4 Å². The summed E-state index contributed by atoms with van der Waals surface area (Å²) in [6.45, 7) is 7.49. The molecule has 2 rings (SSSR count). The van der Waals surface area contributed by atoms with E-state index >= 15 is 0 Å². The molecule has 0 bridgehead atoms. The number of carbonyl (C=O) groups is 1. The highest BCUT2D eigenvalue weighted by Crippen LogP contribution is 2.31. The summed E-state index contributed by atoms with van der Waals surface area (Å²) in [5, 5.41) is 3.24. The molecule has 3 N–H and O–H groups in total. The molecule has 0 unspecified atom stereocenters. The Balaban J connectivity index is 0.00000200. The summed E-state index contributed by atoms with van der Waals surface area (Å²) in [7, 11) is 0. The highest BCUT2D eigenvalue weighted by atomic mass is 35.5. The number of nitrogens with zero attached hydrogens (tertiary/aromatic N) is 1. The summed E-state index contributed by atoms with van der Waals surface area (Å²) < 4.78 is 0. The maximum absolute atomic E-state index is 12.3. The summed E-state index contributed by atoms with van der Waals surface area (Å²) in [6.07, 6.45) is 7.34. The molecule has 0 aromatic rings. The molecule has 0 aromatic carbocycles. The molecule has 1 saturated carbocycles. The number of amides is 1. The molecule has 4 nitrogen and oxygen atoms in total. The SMILES string of the molecule is C=CCN1CCC(NC(=O)[C@@H]2CCC[C@@H]2CN)CC1.Cl.Cl. The number of halogens is 2. The monoisotopic (exact) mass is 337 g/mol. The van der Waals surface area contributed by atoms with Crippen LogP contribution in [0, 0.1) is 11.8 Å². The van der Waals surface area contributed by atoms with Crippen molar-refractivity contribution in [1.29, 1.82) is 0 Å². The number of carbonyl (C=O) groups excluding carboxylic acids is 1. The lowest BCUT2D eigenvalue weighted by Gasteiger charge is -2.32. The number of hydrogen-bond acceptors (Lipinski definition) is 3. The fourth-order valence-corrected chi connectivity index (χ4v) is 3.41. The van der Waals surface area contributed by atoms with E-state index in [0.29, 0.717) is 18.5 Å². The minimum absolute atomic E-state index is 0. The Morgan fingerprint density at radius 2 is 1.90 bits per heavy atom. The van der Waals surface area contributed by atoms with Crippen LogP contribution in [0.2, 0.25) is 0 Å². The number of piperidine rings is 1. The Hall–Kier alpha value is -0.290. The topological polar surface area (TPSA) is 58.4 Å². The summed E-state index contributed by atoms with van der Waals surface area (Å²) in [4.78, 5) is 14.7. The average molecular weight is 338 g/mol. The maximum atomic E-state index is 12.3. The summed E-state index contributed by atoms with van der Waals surface area (Å²) >= 11 is 0. The van der Waals surface area contributed by atoms with Crippen molar-refractivity contribution in [2.24, 2.45) is 17.6 Å². The van der Waals surface area contributed by atoms with Gasteiger partial charge in [-0.1, -0.05) is 12.5 Å². The molecule has 0 radical (unpaired) electrons. The van der Waals surface area contributed by atoms with Gasteiger partial charge < -0.3 is 11.1 Å². The van der Waals surface area contributed by atoms with Crippen molar-refractivity contribution >= 4 is 30.7 Å². The molecule has 1 aliphatic carbocycles. The first-order valence-electron chi connectivity index (χ1n) is 7.58. The molecule has 2 atom stereocenters. The molecule has 1 aliphatic heterocycles. The van der Waals surface area contributed by atoms with E-state index in [1.165, 1.54) is 0 Å². The zero-order valence-electron chi connectivity index (χ0n) is 12.6. The Kier molecular flexibility index (Phi) is 10.3. The van der Waals surface area contributed by atoms with Gasteiger partial charge in [0.05, 0.1) is 0 Å². The highest BCUT2D eigenvalue weighted by molar-refractivity contribution is 5.85. The molecule has 1 saturated heterocycles. The van der Waals surface area contributed by atoms with Crippen molar-refractivity contribution in [3.63, 3.8) is 0 Å². The van der Waals surface area contributed by atoms with Gasteiger partial charge in [0.15, 0.2) is 0 Å². The van der Waals surface area contributed by atoms with Gasteiger partial charge in [-0.25, -0.2) is 0 Å². The van der Waals surface area contributed by atoms with Gasteiger partial charge in [-0.2, -0.15) is 0 Å². The zero-order chi connectivity index (χ0) is 13.7. The maximum Gasteiger partial charge on any atom is 0.223 e. The fourth-order valence-electron chi connectivity index (χ4n) is 3.41. The van der Waals surface area contributed by atoms with Gasteiger partial charge in [0.1, 0.15) is 0 Å². The van der Waals surface area contributed by atoms with Crippen molar-refractivity contribution in [2.45, 2.75) is 38.1 Å². The third-order valence-corrected chi connectivity index (χ3v) is 4.62. The lowest BCUT2D eigenvalue weighted by molar-refractivity contribution is -0.127. The van der Waals surface area contributed by atoms with Crippen molar-refractivity contribution in [2.75, 3.05) is 26.2 Å². The molecule has 6 heteroatoms. The first-order valence-corrected chi connectivity index (χ1v) is 7.58. The standard InChI is InChI=1S/C15H27N3O.2ClH/c1-2-8-18-9-6-13(7-10-18)17-15(19)14-5-3-4-12(14)11-16;;/h2,12-14H,1,3-11,16H2,(H,17,19);2*1H/t12-,14-;;/m1../s1. The molecular weight excluding hydrogens is 309 g/mol. The second kappa shape index (κ2) is 10.4. The Morgan fingerprint density at radius 1 is 1.24 bits per heavy atom. The van der Waals surface area contributed by atoms with E-state index in [2.05, 4.69) is 16.8 Å². The van der Waals surface area contributed by atoms with Crippen LogP contribution in [0.4, 0.5) is 0 Å². The molecule has 124 valence electrons. The van der Waals surface area contributed by atoms with E-state index < -0.39 is 0 Å². The van der Waals surface area contributed by atoms with Gasteiger partial charge in [0.2, 0.25) is 5.91 Å². The minimum atomic E-state index is 0. The second-order valence-corrected chi connectivity index (χ2v) is 5.91. The van der Waals surface area contributed by atoms with Crippen molar-refractivity contribution < 1.29 is 4.79 Å². The highest BCUT2D eigenvalue weighted by Gasteiger charge is 2.33. The molecule has 21 heavy (non-hydrogen) atoms. The van der Waals surface area contributed by atoms with E-state index in [9.17, 15) is 4.79 Å². The van der Waals surface area contributed by atoms with Gasteiger partial charge >= 0.3 is 0 Å². The smallest absolute Gasteiger partial charge is 0.223 e. The van der Waals surface area contributed by atoms with Crippen LogP contribution >= 0.6 is 24.8 Å². The van der Waals surface area contributed by atoms with E-state index in [1.54, 1.807) is 0 Å². The van der Waals surface area contributed by atoms with Crippen LogP contribution in [0.15, 0.2) is 12.7 Å². The Labute approximate surface area is 140 Å². The predicted molar refractivity (Wildman–Crippen MR) is 92.2 cm³/mol. The number of hydrogen-bond donors (Lipinski definition) is 2. The molecule has 1 heterocycles. The molecule has 2 fully saturated rings. The first kappa shape index (κ1) is 20.7. The lowest BCUT2D eigenvalue weighted by Crippen LogP contribution is -2.47. The second-order valence-electron chi connectivity index (χ2n) is 5.91. The van der Waals surface area contributed by atoms with E-state index in [0.717, 1.165) is 51.7 Å². The van der Waals surface area contributed by atoms with Gasteiger partial charge in [-0.3, -0.25) is 9.69 Å². The zero-order valence-corrected chi connectivity index (χ0v) is 14.3. The fraction of sp³-hybridized carbons (Fsp3) is 0.800. The van der Waals surface area contributed by atoms with Crippen LogP contribution in [0.3, 0.4) is 0 Å². The van der Waals surface area contributed by atoms with E-state index in [1.807, 2.05) is 6.08 Å². The van der Waals surface area contributed by atoms with Crippen LogP contribution in [-0.4, -0.2) is 43.0 Å². The third kappa shape index (κ3) is 5.78. The minimum Gasteiger partial charge on any atom is -0.353 e. The molecule has 0 aromatic heterocycles. The Bertz CT molecular complexity index is 320. The van der Waals surface area contributed by atoms with Crippen LogP contribution in [0.1, 0.15) is 32.1 Å². The third-order valence-electron chi connectivity index (χ3n) is 4.62.